The Morgan fingerprint density at radius 3 is 2.92 bits per heavy atom. The van der Waals surface area contributed by atoms with Crippen LogP contribution in [0.25, 0.3) is 11.0 Å². The number of rotatable bonds is 0. The number of hydrogen-bond acceptors (Lipinski definition) is 3. The lowest BCUT2D eigenvalue weighted by atomic mass is 10.1. The average molecular weight is 175 g/mol. The second-order valence-electron chi connectivity index (χ2n) is 2.98. The second kappa shape index (κ2) is 2.62. The Bertz CT molecular complexity index is 514. The first-order chi connectivity index (χ1) is 6.18. The van der Waals surface area contributed by atoms with Crippen LogP contribution in [0.3, 0.4) is 0 Å². The van der Waals surface area contributed by atoms with Gasteiger partial charge in [-0.25, -0.2) is 4.79 Å². The van der Waals surface area contributed by atoms with Gasteiger partial charge in [0.25, 0.3) is 0 Å². The minimum absolute atomic E-state index is 0.151. The molecule has 0 unspecified atom stereocenters. The summed E-state index contributed by atoms with van der Waals surface area (Å²) in [6, 6.07) is 7.29. The van der Waals surface area contributed by atoms with Crippen molar-refractivity contribution in [1.82, 2.24) is 0 Å². The number of anilines is 1. The quantitative estimate of drug-likeness (QED) is 0.620. The molecule has 13 heavy (non-hydrogen) atoms. The SMILES string of the molecule is Cc1cccc2cc(N)c(=O)oc12. The zero-order valence-electron chi connectivity index (χ0n) is 7.20. The van der Waals surface area contributed by atoms with Gasteiger partial charge in [0.2, 0.25) is 0 Å². The molecule has 0 aliphatic rings. The summed E-state index contributed by atoms with van der Waals surface area (Å²) in [6.07, 6.45) is 0. The average Bonchev–Trinajstić information content (AvgIpc) is 2.09. The molecule has 0 radical (unpaired) electrons. The Balaban J connectivity index is 2.97. The molecule has 1 heterocycles. The van der Waals surface area contributed by atoms with Gasteiger partial charge in [0, 0.05) is 5.39 Å². The number of para-hydroxylation sites is 1. The van der Waals surface area contributed by atoms with E-state index in [-0.39, 0.29) is 5.69 Å². The van der Waals surface area contributed by atoms with Crippen LogP contribution >= 0.6 is 0 Å². The van der Waals surface area contributed by atoms with Gasteiger partial charge in [-0.3, -0.25) is 0 Å². The number of aryl methyl sites for hydroxylation is 1. The minimum Gasteiger partial charge on any atom is -0.421 e. The molecule has 0 fully saturated rings. The van der Waals surface area contributed by atoms with Crippen molar-refractivity contribution >= 4 is 16.7 Å². The van der Waals surface area contributed by atoms with E-state index in [0.29, 0.717) is 5.58 Å². The highest BCUT2D eigenvalue weighted by Crippen LogP contribution is 2.17. The first-order valence-electron chi connectivity index (χ1n) is 3.97. The summed E-state index contributed by atoms with van der Waals surface area (Å²) in [5.74, 6) is 0. The topological polar surface area (TPSA) is 56.2 Å². The van der Waals surface area contributed by atoms with Crippen LogP contribution in [-0.2, 0) is 0 Å². The van der Waals surface area contributed by atoms with Crippen molar-refractivity contribution in [3.8, 4) is 0 Å². The summed E-state index contributed by atoms with van der Waals surface area (Å²) in [6.45, 7) is 1.89. The van der Waals surface area contributed by atoms with E-state index in [1.54, 1.807) is 6.07 Å². The molecule has 3 nitrogen and oxygen atoms in total. The molecule has 0 saturated carbocycles. The molecular formula is C10H9NO2. The molecule has 0 aliphatic heterocycles. The second-order valence-corrected chi connectivity index (χ2v) is 2.98. The normalized spacial score (nSPS) is 10.5. The zero-order chi connectivity index (χ0) is 9.42. The first-order valence-corrected chi connectivity index (χ1v) is 3.97. The molecule has 1 aromatic heterocycles. The van der Waals surface area contributed by atoms with Crippen molar-refractivity contribution in [3.63, 3.8) is 0 Å². The van der Waals surface area contributed by atoms with E-state index in [9.17, 15) is 4.79 Å². The van der Waals surface area contributed by atoms with Gasteiger partial charge in [-0.15, -0.1) is 0 Å². The Kier molecular flexibility index (Phi) is 1.59. The fraction of sp³-hybridized carbons (Fsp3) is 0.100. The van der Waals surface area contributed by atoms with Crippen LogP contribution in [0.15, 0.2) is 33.5 Å². The molecule has 2 N–H and O–H groups in total. The van der Waals surface area contributed by atoms with Crippen LogP contribution < -0.4 is 11.4 Å². The molecule has 0 bridgehead atoms. The number of nitrogens with two attached hydrogens (primary N) is 1. The predicted molar refractivity (Wildman–Crippen MR) is 51.6 cm³/mol. The number of nitrogen functional groups attached to an aromatic ring is 1. The van der Waals surface area contributed by atoms with Crippen molar-refractivity contribution in [1.29, 1.82) is 0 Å². The maximum atomic E-state index is 11.1. The molecule has 0 spiro atoms. The van der Waals surface area contributed by atoms with Crippen LogP contribution in [0.5, 0.6) is 0 Å². The summed E-state index contributed by atoms with van der Waals surface area (Å²) >= 11 is 0. The van der Waals surface area contributed by atoms with Crippen molar-refractivity contribution in [2.24, 2.45) is 0 Å². The standard InChI is InChI=1S/C10H9NO2/c1-6-3-2-4-7-5-8(11)10(12)13-9(6)7/h2-5H,11H2,1H3. The summed E-state index contributed by atoms with van der Waals surface area (Å²) in [4.78, 5) is 11.1. The van der Waals surface area contributed by atoms with E-state index in [2.05, 4.69) is 0 Å². The van der Waals surface area contributed by atoms with Gasteiger partial charge in [0.05, 0.1) is 0 Å². The highest BCUT2D eigenvalue weighted by Gasteiger charge is 2.02. The molecule has 1 aromatic carbocycles. The molecule has 2 aromatic rings. The van der Waals surface area contributed by atoms with E-state index in [0.717, 1.165) is 10.9 Å². The fourth-order valence-corrected chi connectivity index (χ4v) is 1.31. The summed E-state index contributed by atoms with van der Waals surface area (Å²) in [7, 11) is 0. The molecule has 0 aliphatic carbocycles. The van der Waals surface area contributed by atoms with Crippen molar-refractivity contribution in [2.75, 3.05) is 5.73 Å². The molecule has 0 amide bonds. The van der Waals surface area contributed by atoms with E-state index in [1.807, 2.05) is 25.1 Å². The van der Waals surface area contributed by atoms with E-state index >= 15 is 0 Å². The maximum absolute atomic E-state index is 11.1. The monoisotopic (exact) mass is 175 g/mol. The molecule has 0 saturated heterocycles. The van der Waals surface area contributed by atoms with E-state index in [4.69, 9.17) is 10.2 Å². The minimum atomic E-state index is -0.471. The van der Waals surface area contributed by atoms with Gasteiger partial charge >= 0.3 is 5.63 Å². The van der Waals surface area contributed by atoms with E-state index in [1.165, 1.54) is 0 Å². The third-order valence-corrected chi connectivity index (χ3v) is 1.98. The van der Waals surface area contributed by atoms with Gasteiger partial charge in [0.15, 0.2) is 0 Å². The lowest BCUT2D eigenvalue weighted by molar-refractivity contribution is 0.562. The summed E-state index contributed by atoms with van der Waals surface area (Å²) in [5.41, 5.74) is 6.66. The van der Waals surface area contributed by atoms with Crippen LogP contribution in [0.2, 0.25) is 0 Å². The molecule has 0 atom stereocenters. The first kappa shape index (κ1) is 7.86. The van der Waals surface area contributed by atoms with Crippen molar-refractivity contribution in [2.45, 2.75) is 6.92 Å². The van der Waals surface area contributed by atoms with Gasteiger partial charge in [-0.1, -0.05) is 18.2 Å². The predicted octanol–water partition coefficient (Wildman–Crippen LogP) is 1.68. The maximum Gasteiger partial charge on any atom is 0.359 e. The van der Waals surface area contributed by atoms with Gasteiger partial charge in [-0.2, -0.15) is 0 Å². The van der Waals surface area contributed by atoms with Crippen molar-refractivity contribution < 1.29 is 4.42 Å². The van der Waals surface area contributed by atoms with Gasteiger partial charge in [0.1, 0.15) is 11.3 Å². The number of benzene rings is 1. The number of fused-ring (bicyclic) bond motifs is 1. The van der Waals surface area contributed by atoms with Crippen LogP contribution in [0, 0.1) is 6.92 Å². The smallest absolute Gasteiger partial charge is 0.359 e. The molecule has 3 heteroatoms. The van der Waals surface area contributed by atoms with Crippen LogP contribution in [0.1, 0.15) is 5.56 Å². The molecule has 2 rings (SSSR count). The Hall–Kier alpha value is -1.77. The largest absolute Gasteiger partial charge is 0.421 e. The van der Waals surface area contributed by atoms with Gasteiger partial charge in [-0.05, 0) is 18.6 Å². The zero-order valence-corrected chi connectivity index (χ0v) is 7.20. The Morgan fingerprint density at radius 2 is 2.15 bits per heavy atom. The van der Waals surface area contributed by atoms with Crippen molar-refractivity contribution in [3.05, 3.63) is 40.2 Å². The summed E-state index contributed by atoms with van der Waals surface area (Å²) in [5, 5.41) is 0.858. The Labute approximate surface area is 74.8 Å². The van der Waals surface area contributed by atoms with E-state index < -0.39 is 5.63 Å². The number of hydrogen-bond donors (Lipinski definition) is 1. The Morgan fingerprint density at radius 1 is 1.38 bits per heavy atom. The third-order valence-electron chi connectivity index (χ3n) is 1.98. The molecular weight excluding hydrogens is 166 g/mol. The summed E-state index contributed by atoms with van der Waals surface area (Å²) < 4.78 is 5.04. The highest BCUT2D eigenvalue weighted by atomic mass is 16.4. The lowest BCUT2D eigenvalue weighted by Gasteiger charge is -1.99. The van der Waals surface area contributed by atoms with Crippen LogP contribution in [0.4, 0.5) is 5.69 Å². The van der Waals surface area contributed by atoms with Gasteiger partial charge < -0.3 is 10.2 Å². The molecule has 66 valence electrons. The third kappa shape index (κ3) is 1.18. The van der Waals surface area contributed by atoms with Crippen LogP contribution in [-0.4, -0.2) is 0 Å². The lowest BCUT2D eigenvalue weighted by Crippen LogP contribution is -2.05. The fourth-order valence-electron chi connectivity index (χ4n) is 1.31. The highest BCUT2D eigenvalue weighted by molar-refractivity contribution is 5.81.